The number of amides is 1. The Balaban J connectivity index is 1.58. The van der Waals surface area contributed by atoms with Gasteiger partial charge in [-0.2, -0.15) is 0 Å². The van der Waals surface area contributed by atoms with Gasteiger partial charge in [-0.1, -0.05) is 54.2 Å². The van der Waals surface area contributed by atoms with Gasteiger partial charge in [0.1, 0.15) is 11.6 Å². The Bertz CT molecular complexity index is 1340. The minimum Gasteiger partial charge on any atom is -0.497 e. The second-order valence-electron chi connectivity index (χ2n) is 7.63. The van der Waals surface area contributed by atoms with Crippen molar-refractivity contribution in [3.05, 3.63) is 102 Å². The predicted octanol–water partition coefficient (Wildman–Crippen LogP) is 4.88. The lowest BCUT2D eigenvalue weighted by molar-refractivity contribution is 0.0933. The molecule has 178 valence electrons. The van der Waals surface area contributed by atoms with E-state index >= 15 is 0 Å². The lowest BCUT2D eigenvalue weighted by Gasteiger charge is -2.16. The van der Waals surface area contributed by atoms with Crippen molar-refractivity contribution in [2.24, 2.45) is 0 Å². The second kappa shape index (κ2) is 11.0. The van der Waals surface area contributed by atoms with Crippen LogP contribution >= 0.6 is 11.8 Å². The number of nitrogens with zero attached hydrogens (tertiary/aromatic N) is 3. The number of nitrogens with one attached hydrogen (secondary N) is 1. The van der Waals surface area contributed by atoms with Gasteiger partial charge >= 0.3 is 0 Å². The highest BCUT2D eigenvalue weighted by atomic mass is 32.2. The molecule has 1 aromatic heterocycles. The first-order valence-electron chi connectivity index (χ1n) is 10.8. The summed E-state index contributed by atoms with van der Waals surface area (Å²) in [7, 11) is 1.55. The van der Waals surface area contributed by atoms with Crippen molar-refractivity contribution >= 4 is 23.5 Å². The molecule has 3 aromatic carbocycles. The molecule has 1 N–H and O–H groups in total. The summed E-state index contributed by atoms with van der Waals surface area (Å²) in [5.74, 6) is -0.0467. The van der Waals surface area contributed by atoms with Crippen LogP contribution in [0.25, 0.3) is 5.69 Å². The Morgan fingerprint density at radius 3 is 2.51 bits per heavy atom. The molecule has 0 aliphatic carbocycles. The van der Waals surface area contributed by atoms with Crippen molar-refractivity contribution in [1.82, 2.24) is 20.1 Å². The number of aromatic nitrogens is 3. The van der Waals surface area contributed by atoms with E-state index < -0.39 is 17.8 Å². The average molecular weight is 491 g/mol. The predicted molar refractivity (Wildman–Crippen MR) is 132 cm³/mol. The van der Waals surface area contributed by atoms with Crippen LogP contribution in [0.2, 0.25) is 0 Å². The molecule has 7 nitrogen and oxygen atoms in total. The van der Waals surface area contributed by atoms with Crippen molar-refractivity contribution in [2.75, 3.05) is 12.9 Å². The molecule has 0 bridgehead atoms. The second-order valence-corrected chi connectivity index (χ2v) is 8.57. The van der Waals surface area contributed by atoms with E-state index in [1.165, 1.54) is 30.0 Å². The number of carbonyl (C=O) groups excluding carboxylic acids is 2. The van der Waals surface area contributed by atoms with Gasteiger partial charge < -0.3 is 10.1 Å². The number of thioether (sulfide) groups is 1. The van der Waals surface area contributed by atoms with E-state index in [2.05, 4.69) is 15.5 Å². The smallest absolute Gasteiger partial charge is 0.254 e. The Kier molecular flexibility index (Phi) is 7.57. The number of carbonyl (C=O) groups is 2. The number of rotatable bonds is 9. The minimum atomic E-state index is -0.603. The van der Waals surface area contributed by atoms with E-state index in [4.69, 9.17) is 4.74 Å². The molecule has 35 heavy (non-hydrogen) atoms. The zero-order valence-electron chi connectivity index (χ0n) is 19.1. The molecule has 1 amide bonds. The van der Waals surface area contributed by atoms with Crippen LogP contribution in [0.15, 0.2) is 84.0 Å². The van der Waals surface area contributed by atoms with E-state index in [9.17, 15) is 14.0 Å². The number of para-hydroxylation sites is 1. The maximum atomic E-state index is 14.1. The van der Waals surface area contributed by atoms with Gasteiger partial charge in [0.25, 0.3) is 5.91 Å². The van der Waals surface area contributed by atoms with Gasteiger partial charge in [0.15, 0.2) is 16.8 Å². The monoisotopic (exact) mass is 490 g/mol. The van der Waals surface area contributed by atoms with E-state index in [0.717, 1.165) is 5.69 Å². The van der Waals surface area contributed by atoms with Crippen molar-refractivity contribution in [1.29, 1.82) is 0 Å². The van der Waals surface area contributed by atoms with Gasteiger partial charge in [0.05, 0.1) is 24.5 Å². The largest absolute Gasteiger partial charge is 0.497 e. The maximum Gasteiger partial charge on any atom is 0.254 e. The number of Topliss-reactive ketones (excluding diaryl/α,β-unsaturated/α-hetero) is 1. The Morgan fingerprint density at radius 2 is 1.77 bits per heavy atom. The molecular formula is C26H23FN4O3S. The third kappa shape index (κ3) is 5.58. The fourth-order valence-electron chi connectivity index (χ4n) is 3.47. The van der Waals surface area contributed by atoms with Crippen molar-refractivity contribution in [3.63, 3.8) is 0 Å². The van der Waals surface area contributed by atoms with Crippen LogP contribution in [0, 0.1) is 5.82 Å². The summed E-state index contributed by atoms with van der Waals surface area (Å²) >= 11 is 1.24. The number of methoxy groups -OCH3 is 1. The van der Waals surface area contributed by atoms with Crippen LogP contribution < -0.4 is 10.1 Å². The molecule has 0 spiro atoms. The van der Waals surface area contributed by atoms with Crippen LogP contribution in [-0.2, 0) is 0 Å². The van der Waals surface area contributed by atoms with Crippen LogP contribution in [0.4, 0.5) is 4.39 Å². The molecule has 0 radical (unpaired) electrons. The molecule has 4 rings (SSSR count). The zero-order chi connectivity index (χ0) is 24.8. The number of hydrogen-bond donors (Lipinski definition) is 1. The van der Waals surface area contributed by atoms with E-state index in [1.807, 2.05) is 30.3 Å². The van der Waals surface area contributed by atoms with Crippen LogP contribution in [0.3, 0.4) is 0 Å². The number of halogens is 1. The lowest BCUT2D eigenvalue weighted by Crippen LogP contribution is -2.29. The van der Waals surface area contributed by atoms with Gasteiger partial charge in [0, 0.05) is 11.3 Å². The molecule has 9 heteroatoms. The molecule has 0 aliphatic rings. The van der Waals surface area contributed by atoms with Crippen LogP contribution in [-0.4, -0.2) is 39.3 Å². The topological polar surface area (TPSA) is 86.1 Å². The minimum absolute atomic E-state index is 0.0522. The zero-order valence-corrected chi connectivity index (χ0v) is 20.0. The van der Waals surface area contributed by atoms with E-state index in [0.29, 0.717) is 22.3 Å². The third-order valence-corrected chi connectivity index (χ3v) is 6.18. The highest BCUT2D eigenvalue weighted by Crippen LogP contribution is 2.26. The highest BCUT2D eigenvalue weighted by Gasteiger charge is 2.23. The molecule has 0 saturated heterocycles. The first kappa shape index (κ1) is 24.2. The normalized spacial score (nSPS) is 11.6. The molecule has 4 aromatic rings. The van der Waals surface area contributed by atoms with Crippen molar-refractivity contribution < 1.29 is 18.7 Å². The van der Waals surface area contributed by atoms with E-state index in [-0.39, 0.29) is 17.1 Å². The summed E-state index contributed by atoms with van der Waals surface area (Å²) in [5.41, 5.74) is 1.26. The van der Waals surface area contributed by atoms with Crippen molar-refractivity contribution in [3.8, 4) is 11.4 Å². The lowest BCUT2D eigenvalue weighted by atomic mass is 10.1. The standard InChI is InChI=1S/C26H23FN4O3S/c1-17(28-25(33)21-13-6-7-14-22(21)27)24-29-30-26(31(24)19-10-4-3-5-11-19)35-16-23(32)18-9-8-12-20(15-18)34-2/h3-15,17H,16H2,1-2H3,(H,28,33). The Morgan fingerprint density at radius 1 is 1.03 bits per heavy atom. The summed E-state index contributed by atoms with van der Waals surface area (Å²) in [4.78, 5) is 25.4. The van der Waals surface area contributed by atoms with E-state index in [1.54, 1.807) is 48.9 Å². The maximum absolute atomic E-state index is 14.1. The van der Waals surface area contributed by atoms with Gasteiger partial charge in [-0.25, -0.2) is 4.39 Å². The van der Waals surface area contributed by atoms with Crippen LogP contribution in [0.5, 0.6) is 5.75 Å². The number of ketones is 1. The molecule has 1 atom stereocenters. The van der Waals surface area contributed by atoms with Gasteiger partial charge in [-0.15, -0.1) is 10.2 Å². The Labute approximate surface area is 206 Å². The molecule has 0 fully saturated rings. The summed E-state index contributed by atoms with van der Waals surface area (Å²) in [6, 6.07) is 21.6. The van der Waals surface area contributed by atoms with Gasteiger partial charge in [-0.3, -0.25) is 14.2 Å². The molecule has 0 aliphatic heterocycles. The summed E-state index contributed by atoms with van der Waals surface area (Å²) in [6.07, 6.45) is 0. The third-order valence-electron chi connectivity index (χ3n) is 5.25. The molecular weight excluding hydrogens is 467 g/mol. The van der Waals surface area contributed by atoms with Crippen molar-refractivity contribution in [2.45, 2.75) is 18.1 Å². The van der Waals surface area contributed by atoms with Gasteiger partial charge in [0.2, 0.25) is 0 Å². The summed E-state index contributed by atoms with van der Waals surface area (Å²) < 4.78 is 21.1. The molecule has 1 unspecified atom stereocenters. The van der Waals surface area contributed by atoms with Gasteiger partial charge in [-0.05, 0) is 43.3 Å². The molecule has 0 saturated carbocycles. The molecule has 1 heterocycles. The number of hydrogen-bond acceptors (Lipinski definition) is 6. The SMILES string of the molecule is COc1cccc(C(=O)CSc2nnc(C(C)NC(=O)c3ccccc3F)n2-c2ccccc2)c1. The fraction of sp³-hybridized carbons (Fsp3) is 0.154. The average Bonchev–Trinajstić information content (AvgIpc) is 3.32. The Hall–Kier alpha value is -3.98. The summed E-state index contributed by atoms with van der Waals surface area (Å²) in [6.45, 7) is 1.75. The summed E-state index contributed by atoms with van der Waals surface area (Å²) in [5, 5.41) is 11.9. The fourth-order valence-corrected chi connectivity index (χ4v) is 4.32. The first-order chi connectivity index (χ1) is 17.0. The number of ether oxygens (including phenoxy) is 1. The highest BCUT2D eigenvalue weighted by molar-refractivity contribution is 7.99. The van der Waals surface area contributed by atoms with Crippen LogP contribution in [0.1, 0.15) is 39.5 Å². The number of benzene rings is 3. The first-order valence-corrected chi connectivity index (χ1v) is 11.8. The quantitative estimate of drug-likeness (QED) is 0.266.